The van der Waals surface area contributed by atoms with Crippen LogP contribution in [-0.4, -0.2) is 22.2 Å². The standard InChI is InChI=1S/C9H10F2N2O3/c10-4-1-3(12)2-5(11)6(4)7(14)8(15)9(13)16/h1-2,7-8,14-15H,12H2,(H2,13,16). The van der Waals surface area contributed by atoms with E-state index in [1.54, 1.807) is 0 Å². The van der Waals surface area contributed by atoms with E-state index in [1.165, 1.54) is 0 Å². The molecule has 6 N–H and O–H groups in total. The molecule has 0 heterocycles. The molecular formula is C9H10F2N2O3. The van der Waals surface area contributed by atoms with Crippen molar-refractivity contribution in [3.63, 3.8) is 0 Å². The molecular weight excluding hydrogens is 222 g/mol. The number of aliphatic hydroxyl groups excluding tert-OH is 2. The molecule has 2 unspecified atom stereocenters. The first-order valence-electron chi connectivity index (χ1n) is 4.24. The zero-order chi connectivity index (χ0) is 12.5. The Hall–Kier alpha value is -1.73. The van der Waals surface area contributed by atoms with Gasteiger partial charge in [-0.1, -0.05) is 0 Å². The van der Waals surface area contributed by atoms with Gasteiger partial charge in [0.25, 0.3) is 0 Å². The first-order chi connectivity index (χ1) is 7.34. The molecule has 0 saturated heterocycles. The molecule has 5 nitrogen and oxygen atoms in total. The Balaban J connectivity index is 3.18. The quantitative estimate of drug-likeness (QED) is 0.523. The van der Waals surface area contributed by atoms with E-state index in [0.29, 0.717) is 0 Å². The Bertz CT molecular complexity index is 402. The van der Waals surface area contributed by atoms with E-state index in [4.69, 9.17) is 10.8 Å². The Morgan fingerprint density at radius 1 is 1.25 bits per heavy atom. The Morgan fingerprint density at radius 3 is 2.06 bits per heavy atom. The summed E-state index contributed by atoms with van der Waals surface area (Å²) in [5.41, 5.74) is 8.81. The SMILES string of the molecule is NC(=O)C(O)C(O)c1c(F)cc(N)cc1F. The predicted octanol–water partition coefficient (Wildman–Crippen LogP) is -0.573. The maximum absolute atomic E-state index is 13.2. The summed E-state index contributed by atoms with van der Waals surface area (Å²) < 4.78 is 26.5. The molecule has 0 radical (unpaired) electrons. The summed E-state index contributed by atoms with van der Waals surface area (Å²) in [6.07, 6.45) is -4.16. The molecule has 0 aliphatic carbocycles. The normalized spacial score (nSPS) is 14.5. The number of carbonyl (C=O) groups is 1. The molecule has 0 fully saturated rings. The van der Waals surface area contributed by atoms with Crippen molar-refractivity contribution < 1.29 is 23.8 Å². The minimum Gasteiger partial charge on any atom is -0.399 e. The number of halogens is 2. The molecule has 7 heteroatoms. The van der Waals surface area contributed by atoms with Gasteiger partial charge in [-0.2, -0.15) is 0 Å². The lowest BCUT2D eigenvalue weighted by Crippen LogP contribution is -2.34. The number of anilines is 1. The second-order valence-corrected chi connectivity index (χ2v) is 3.19. The minimum absolute atomic E-state index is 0.181. The van der Waals surface area contributed by atoms with Gasteiger partial charge < -0.3 is 21.7 Å². The predicted molar refractivity (Wildman–Crippen MR) is 50.9 cm³/mol. The van der Waals surface area contributed by atoms with Gasteiger partial charge in [0.05, 0.1) is 5.56 Å². The highest BCUT2D eigenvalue weighted by Gasteiger charge is 2.28. The van der Waals surface area contributed by atoms with Crippen LogP contribution in [0.3, 0.4) is 0 Å². The molecule has 0 aromatic heterocycles. The van der Waals surface area contributed by atoms with Crippen LogP contribution in [-0.2, 0) is 4.79 Å². The van der Waals surface area contributed by atoms with Gasteiger partial charge in [-0.25, -0.2) is 8.78 Å². The van der Waals surface area contributed by atoms with Gasteiger partial charge in [0, 0.05) is 5.69 Å². The number of hydrogen-bond acceptors (Lipinski definition) is 4. The molecule has 1 aromatic carbocycles. The van der Waals surface area contributed by atoms with E-state index >= 15 is 0 Å². The van der Waals surface area contributed by atoms with Crippen molar-refractivity contribution in [1.29, 1.82) is 0 Å². The molecule has 2 atom stereocenters. The number of primary amides is 1. The Morgan fingerprint density at radius 2 is 1.69 bits per heavy atom. The lowest BCUT2D eigenvalue weighted by atomic mass is 10.0. The highest BCUT2D eigenvalue weighted by Crippen LogP contribution is 2.25. The lowest BCUT2D eigenvalue weighted by molar-refractivity contribution is -0.132. The van der Waals surface area contributed by atoms with Crippen LogP contribution in [0, 0.1) is 11.6 Å². The van der Waals surface area contributed by atoms with Crippen LogP contribution >= 0.6 is 0 Å². The molecule has 1 aromatic rings. The topological polar surface area (TPSA) is 110 Å². The van der Waals surface area contributed by atoms with Crippen molar-refractivity contribution in [2.24, 2.45) is 5.73 Å². The zero-order valence-electron chi connectivity index (χ0n) is 8.02. The van der Waals surface area contributed by atoms with Crippen LogP contribution in [0.1, 0.15) is 11.7 Å². The summed E-state index contributed by atoms with van der Waals surface area (Å²) >= 11 is 0. The summed E-state index contributed by atoms with van der Waals surface area (Å²) in [6, 6.07) is 1.52. The minimum atomic E-state index is -2.09. The van der Waals surface area contributed by atoms with Gasteiger partial charge in [0.1, 0.15) is 17.7 Å². The van der Waals surface area contributed by atoms with Crippen LogP contribution < -0.4 is 11.5 Å². The highest BCUT2D eigenvalue weighted by atomic mass is 19.1. The smallest absolute Gasteiger partial charge is 0.249 e. The second kappa shape index (κ2) is 4.42. The van der Waals surface area contributed by atoms with Crippen molar-refractivity contribution in [2.45, 2.75) is 12.2 Å². The van der Waals surface area contributed by atoms with E-state index in [-0.39, 0.29) is 5.69 Å². The fourth-order valence-corrected chi connectivity index (χ4v) is 1.20. The van der Waals surface area contributed by atoms with E-state index in [9.17, 15) is 18.7 Å². The molecule has 0 spiro atoms. The maximum Gasteiger partial charge on any atom is 0.249 e. The number of nitrogens with two attached hydrogens (primary N) is 2. The molecule has 16 heavy (non-hydrogen) atoms. The van der Waals surface area contributed by atoms with E-state index in [1.807, 2.05) is 0 Å². The van der Waals surface area contributed by atoms with Crippen LogP contribution in [0.25, 0.3) is 0 Å². The van der Waals surface area contributed by atoms with Gasteiger partial charge in [-0.05, 0) is 12.1 Å². The molecule has 1 rings (SSSR count). The number of carbonyl (C=O) groups excluding carboxylic acids is 1. The number of amides is 1. The number of nitrogen functional groups attached to an aromatic ring is 1. The second-order valence-electron chi connectivity index (χ2n) is 3.19. The van der Waals surface area contributed by atoms with Crippen molar-refractivity contribution in [2.75, 3.05) is 5.73 Å². The average molecular weight is 232 g/mol. The first-order valence-corrected chi connectivity index (χ1v) is 4.24. The van der Waals surface area contributed by atoms with Crippen LogP contribution in [0.4, 0.5) is 14.5 Å². The highest BCUT2D eigenvalue weighted by molar-refractivity contribution is 5.79. The monoisotopic (exact) mass is 232 g/mol. The van der Waals surface area contributed by atoms with Gasteiger partial charge in [0.2, 0.25) is 5.91 Å². The number of rotatable bonds is 3. The van der Waals surface area contributed by atoms with Crippen molar-refractivity contribution in [1.82, 2.24) is 0 Å². The zero-order valence-corrected chi connectivity index (χ0v) is 8.02. The summed E-state index contributed by atoms with van der Waals surface area (Å²) in [5.74, 6) is -3.61. The number of hydrogen-bond donors (Lipinski definition) is 4. The average Bonchev–Trinajstić information content (AvgIpc) is 2.14. The van der Waals surface area contributed by atoms with Crippen LogP contribution in [0.5, 0.6) is 0 Å². The van der Waals surface area contributed by atoms with Gasteiger partial charge in [0.15, 0.2) is 6.10 Å². The summed E-state index contributed by atoms with van der Waals surface area (Å²) in [7, 11) is 0. The van der Waals surface area contributed by atoms with Crippen LogP contribution in [0.15, 0.2) is 12.1 Å². The van der Waals surface area contributed by atoms with Crippen molar-refractivity contribution >= 4 is 11.6 Å². The fourth-order valence-electron chi connectivity index (χ4n) is 1.20. The van der Waals surface area contributed by atoms with Gasteiger partial charge >= 0.3 is 0 Å². The largest absolute Gasteiger partial charge is 0.399 e. The third-order valence-corrected chi connectivity index (χ3v) is 1.99. The number of aliphatic hydroxyl groups is 2. The fraction of sp³-hybridized carbons (Fsp3) is 0.222. The summed E-state index contributed by atoms with van der Waals surface area (Å²) in [4.78, 5) is 10.5. The van der Waals surface area contributed by atoms with E-state index in [0.717, 1.165) is 12.1 Å². The summed E-state index contributed by atoms with van der Waals surface area (Å²) in [5, 5.41) is 18.4. The summed E-state index contributed by atoms with van der Waals surface area (Å²) in [6.45, 7) is 0. The van der Waals surface area contributed by atoms with E-state index < -0.39 is 35.3 Å². The molecule has 0 aliphatic heterocycles. The first kappa shape index (κ1) is 12.3. The third kappa shape index (κ3) is 2.26. The maximum atomic E-state index is 13.2. The van der Waals surface area contributed by atoms with Crippen molar-refractivity contribution in [3.05, 3.63) is 29.3 Å². The van der Waals surface area contributed by atoms with Gasteiger partial charge in [-0.3, -0.25) is 4.79 Å². The van der Waals surface area contributed by atoms with Crippen molar-refractivity contribution in [3.8, 4) is 0 Å². The Kier molecular flexibility index (Phi) is 3.41. The van der Waals surface area contributed by atoms with Gasteiger partial charge in [-0.15, -0.1) is 0 Å². The van der Waals surface area contributed by atoms with Crippen LogP contribution in [0.2, 0.25) is 0 Å². The Labute approximate surface area is 89.3 Å². The molecule has 0 bridgehead atoms. The molecule has 0 saturated carbocycles. The third-order valence-electron chi connectivity index (χ3n) is 1.99. The lowest BCUT2D eigenvalue weighted by Gasteiger charge is -2.16. The number of benzene rings is 1. The van der Waals surface area contributed by atoms with E-state index in [2.05, 4.69) is 5.73 Å². The molecule has 1 amide bonds. The molecule has 0 aliphatic rings. The molecule has 88 valence electrons.